The summed E-state index contributed by atoms with van der Waals surface area (Å²) in [6, 6.07) is 1.34. The first-order valence-corrected chi connectivity index (χ1v) is 5.51. The van der Waals surface area contributed by atoms with Crippen molar-refractivity contribution in [3.63, 3.8) is 0 Å². The zero-order valence-electron chi connectivity index (χ0n) is 5.04. The van der Waals surface area contributed by atoms with Crippen molar-refractivity contribution < 1.29 is 8.42 Å². The molecule has 0 bridgehead atoms. The van der Waals surface area contributed by atoms with E-state index < -0.39 is 10.0 Å². The molecule has 0 fully saturated rings. The van der Waals surface area contributed by atoms with Crippen LogP contribution >= 0.6 is 34.5 Å². The second-order valence-corrected chi connectivity index (χ2v) is 5.58. The summed E-state index contributed by atoms with van der Waals surface area (Å²) in [4.78, 5) is 0. The minimum Gasteiger partial charge on any atom is -0.224 e. The van der Waals surface area contributed by atoms with Crippen LogP contribution in [0.3, 0.4) is 0 Å². The van der Waals surface area contributed by atoms with Gasteiger partial charge < -0.3 is 0 Å². The third kappa shape index (κ3) is 2.07. The van der Waals surface area contributed by atoms with Gasteiger partial charge in [0, 0.05) is 0 Å². The van der Waals surface area contributed by atoms with E-state index in [0.717, 1.165) is 11.3 Å². The predicted octanol–water partition coefficient (Wildman–Crippen LogP) is 1.70. The first kappa shape index (κ1) is 9.28. The number of halogens is 2. The molecule has 1 heterocycles. The minimum absolute atomic E-state index is 0.0718. The van der Waals surface area contributed by atoms with Gasteiger partial charge >= 0.3 is 0 Å². The molecular weight excluding hydrogens is 229 g/mol. The van der Waals surface area contributed by atoms with Gasteiger partial charge in [-0.1, -0.05) is 23.2 Å². The quantitative estimate of drug-likeness (QED) is 0.801. The van der Waals surface area contributed by atoms with Gasteiger partial charge in [0.15, 0.2) is 4.21 Å². The number of hydrogen-bond acceptors (Lipinski definition) is 3. The molecule has 62 valence electrons. The summed E-state index contributed by atoms with van der Waals surface area (Å²) in [5.74, 6) is 0. The Labute approximate surface area is 77.8 Å². The van der Waals surface area contributed by atoms with Crippen LogP contribution in [-0.2, 0) is 10.0 Å². The average Bonchev–Trinajstić information content (AvgIpc) is 2.08. The lowest BCUT2D eigenvalue weighted by Crippen LogP contribution is -2.10. The topological polar surface area (TPSA) is 60.2 Å². The smallest absolute Gasteiger partial charge is 0.224 e. The van der Waals surface area contributed by atoms with Crippen molar-refractivity contribution >= 4 is 44.6 Å². The number of thiophene rings is 1. The molecule has 0 spiro atoms. The fourth-order valence-corrected chi connectivity index (χ4v) is 3.24. The van der Waals surface area contributed by atoms with E-state index in [1.807, 2.05) is 0 Å². The van der Waals surface area contributed by atoms with Crippen LogP contribution in [0.15, 0.2) is 10.3 Å². The Balaban J connectivity index is 3.36. The van der Waals surface area contributed by atoms with Crippen molar-refractivity contribution in [1.29, 1.82) is 0 Å². The summed E-state index contributed by atoms with van der Waals surface area (Å²) >= 11 is 11.8. The number of primary sulfonamides is 1. The highest BCUT2D eigenvalue weighted by atomic mass is 35.5. The zero-order chi connectivity index (χ0) is 8.65. The van der Waals surface area contributed by atoms with Gasteiger partial charge in [0.2, 0.25) is 10.0 Å². The zero-order valence-corrected chi connectivity index (χ0v) is 8.19. The predicted molar refractivity (Wildman–Crippen MR) is 45.7 cm³/mol. The fraction of sp³-hybridized carbons (Fsp3) is 0. The van der Waals surface area contributed by atoms with Crippen LogP contribution in [-0.4, -0.2) is 8.42 Å². The Hall–Kier alpha value is 0.190. The van der Waals surface area contributed by atoms with Gasteiger partial charge in [-0.25, -0.2) is 13.6 Å². The fourth-order valence-electron chi connectivity index (χ4n) is 0.519. The molecule has 1 aromatic rings. The standard InChI is InChI=1S/C4H3Cl2NO2S2/c5-2-1-3(6)10-4(2)11(7,8)9/h1H,(H2,7,8,9). The molecule has 0 radical (unpaired) electrons. The van der Waals surface area contributed by atoms with Crippen LogP contribution in [0, 0.1) is 0 Å². The third-order valence-electron chi connectivity index (χ3n) is 0.884. The molecule has 2 N–H and O–H groups in total. The molecule has 0 aliphatic heterocycles. The highest BCUT2D eigenvalue weighted by molar-refractivity contribution is 7.91. The normalized spacial score (nSPS) is 11.9. The van der Waals surface area contributed by atoms with E-state index in [2.05, 4.69) is 0 Å². The number of nitrogens with two attached hydrogens (primary N) is 1. The molecule has 1 aromatic heterocycles. The first-order chi connectivity index (χ1) is 4.91. The lowest BCUT2D eigenvalue weighted by molar-refractivity contribution is 0.600. The van der Waals surface area contributed by atoms with E-state index >= 15 is 0 Å². The van der Waals surface area contributed by atoms with Crippen LogP contribution in [0.1, 0.15) is 0 Å². The van der Waals surface area contributed by atoms with Gasteiger partial charge in [0.25, 0.3) is 0 Å². The Kier molecular flexibility index (Phi) is 2.46. The maximum Gasteiger partial charge on any atom is 0.249 e. The van der Waals surface area contributed by atoms with E-state index in [1.165, 1.54) is 6.07 Å². The number of hydrogen-bond donors (Lipinski definition) is 1. The van der Waals surface area contributed by atoms with Crippen molar-refractivity contribution in [1.82, 2.24) is 0 Å². The minimum atomic E-state index is -3.71. The Morgan fingerprint density at radius 1 is 1.45 bits per heavy atom. The molecule has 1 rings (SSSR count). The monoisotopic (exact) mass is 231 g/mol. The molecule has 0 amide bonds. The Morgan fingerprint density at radius 2 is 2.00 bits per heavy atom. The number of rotatable bonds is 1. The maximum absolute atomic E-state index is 10.7. The first-order valence-electron chi connectivity index (χ1n) is 2.39. The van der Waals surface area contributed by atoms with Gasteiger partial charge in [0.05, 0.1) is 9.36 Å². The highest BCUT2D eigenvalue weighted by Crippen LogP contribution is 2.33. The molecule has 3 nitrogen and oxygen atoms in total. The summed E-state index contributed by atoms with van der Waals surface area (Å²) in [7, 11) is -3.71. The molecule has 0 aliphatic rings. The van der Waals surface area contributed by atoms with Crippen LogP contribution in [0.4, 0.5) is 0 Å². The number of sulfonamides is 1. The van der Waals surface area contributed by atoms with E-state index in [1.54, 1.807) is 0 Å². The van der Waals surface area contributed by atoms with E-state index in [-0.39, 0.29) is 9.23 Å². The van der Waals surface area contributed by atoms with E-state index in [4.69, 9.17) is 28.3 Å². The van der Waals surface area contributed by atoms with Gasteiger partial charge in [-0.3, -0.25) is 0 Å². The van der Waals surface area contributed by atoms with Crippen molar-refractivity contribution in [2.24, 2.45) is 5.14 Å². The van der Waals surface area contributed by atoms with Gasteiger partial charge in [-0.2, -0.15) is 0 Å². The molecule has 0 saturated heterocycles. The molecule has 0 aliphatic carbocycles. The van der Waals surface area contributed by atoms with Crippen molar-refractivity contribution in [3.8, 4) is 0 Å². The molecule has 0 atom stereocenters. The molecule has 11 heavy (non-hydrogen) atoms. The molecule has 0 saturated carbocycles. The summed E-state index contributed by atoms with van der Waals surface area (Å²) in [5, 5.41) is 4.88. The molecule has 7 heteroatoms. The van der Waals surface area contributed by atoms with Crippen LogP contribution < -0.4 is 5.14 Å². The van der Waals surface area contributed by atoms with Gasteiger partial charge in [0.1, 0.15) is 0 Å². The average molecular weight is 232 g/mol. The van der Waals surface area contributed by atoms with Crippen LogP contribution in [0.25, 0.3) is 0 Å². The van der Waals surface area contributed by atoms with E-state index in [0.29, 0.717) is 4.34 Å². The largest absolute Gasteiger partial charge is 0.249 e. The summed E-state index contributed by atoms with van der Waals surface area (Å²) < 4.78 is 21.6. The van der Waals surface area contributed by atoms with Crippen molar-refractivity contribution in [2.45, 2.75) is 4.21 Å². The third-order valence-corrected chi connectivity index (χ3v) is 4.15. The second-order valence-electron chi connectivity index (χ2n) is 1.73. The lowest BCUT2D eigenvalue weighted by Gasteiger charge is -1.90. The summed E-state index contributed by atoms with van der Waals surface area (Å²) in [5.41, 5.74) is 0. The van der Waals surface area contributed by atoms with Crippen LogP contribution in [0.5, 0.6) is 0 Å². The molecule has 0 unspecified atom stereocenters. The van der Waals surface area contributed by atoms with Crippen molar-refractivity contribution in [2.75, 3.05) is 0 Å². The lowest BCUT2D eigenvalue weighted by atomic mass is 10.7. The van der Waals surface area contributed by atoms with E-state index in [9.17, 15) is 8.42 Å². The summed E-state index contributed by atoms with van der Waals surface area (Å²) in [6.45, 7) is 0. The molecular formula is C4H3Cl2NO2S2. The summed E-state index contributed by atoms with van der Waals surface area (Å²) in [6.07, 6.45) is 0. The van der Waals surface area contributed by atoms with Crippen molar-refractivity contribution in [3.05, 3.63) is 15.4 Å². The SMILES string of the molecule is NS(=O)(=O)c1sc(Cl)cc1Cl. The Bertz CT molecular complexity index is 369. The molecule has 0 aromatic carbocycles. The van der Waals surface area contributed by atoms with Crippen LogP contribution in [0.2, 0.25) is 9.36 Å². The van der Waals surface area contributed by atoms with Gasteiger partial charge in [-0.05, 0) is 6.07 Å². The maximum atomic E-state index is 10.7. The van der Waals surface area contributed by atoms with Gasteiger partial charge in [-0.15, -0.1) is 11.3 Å². The highest BCUT2D eigenvalue weighted by Gasteiger charge is 2.16. The Morgan fingerprint density at radius 3 is 2.18 bits per heavy atom. The second kappa shape index (κ2) is 2.91.